The number of alkyl halides is 3. The van der Waals surface area contributed by atoms with Crippen LogP contribution in [0.4, 0.5) is 18.9 Å². The summed E-state index contributed by atoms with van der Waals surface area (Å²) in [4.78, 5) is 16.0. The maximum atomic E-state index is 12.7. The second-order valence-electron chi connectivity index (χ2n) is 4.53. The molecule has 1 atom stereocenters. The molecule has 4 nitrogen and oxygen atoms in total. The lowest BCUT2D eigenvalue weighted by Gasteiger charge is -2.35. The highest BCUT2D eigenvalue weighted by Crippen LogP contribution is 2.34. The number of halogens is 3. The van der Waals surface area contributed by atoms with Gasteiger partial charge in [-0.25, -0.2) is 9.78 Å². The number of piperidine rings is 1. The molecule has 104 valence electrons. The average molecular weight is 274 g/mol. The molecule has 0 saturated carbocycles. The van der Waals surface area contributed by atoms with E-state index in [1.54, 1.807) is 4.90 Å². The van der Waals surface area contributed by atoms with Crippen LogP contribution in [-0.4, -0.2) is 35.3 Å². The normalized spacial score (nSPS) is 20.4. The van der Waals surface area contributed by atoms with Gasteiger partial charge in [-0.2, -0.15) is 13.2 Å². The molecular weight excluding hydrogens is 261 g/mol. The van der Waals surface area contributed by atoms with Crippen LogP contribution in [0.1, 0.15) is 23.3 Å². The Morgan fingerprint density at radius 2 is 2.16 bits per heavy atom. The lowest BCUT2D eigenvalue weighted by atomic mass is 9.97. The second kappa shape index (κ2) is 5.07. The van der Waals surface area contributed by atoms with Crippen molar-refractivity contribution in [2.24, 2.45) is 5.92 Å². The van der Waals surface area contributed by atoms with Gasteiger partial charge in [-0.15, -0.1) is 0 Å². The molecule has 0 spiro atoms. The van der Waals surface area contributed by atoms with Gasteiger partial charge in [-0.05, 0) is 25.0 Å². The number of carboxylic acid groups (broad SMARTS) is 1. The van der Waals surface area contributed by atoms with Gasteiger partial charge in [0.15, 0.2) is 0 Å². The molecule has 1 N–H and O–H groups in total. The Labute approximate surface area is 107 Å². The third-order valence-electron chi connectivity index (χ3n) is 3.22. The largest absolute Gasteiger partial charge is 0.477 e. The van der Waals surface area contributed by atoms with Crippen LogP contribution < -0.4 is 4.90 Å². The van der Waals surface area contributed by atoms with Crippen molar-refractivity contribution in [1.29, 1.82) is 0 Å². The quantitative estimate of drug-likeness (QED) is 0.900. The Balaban J connectivity index is 2.11. The number of hydrogen-bond acceptors (Lipinski definition) is 3. The number of anilines is 1. The highest BCUT2D eigenvalue weighted by atomic mass is 19.4. The lowest BCUT2D eigenvalue weighted by Crippen LogP contribution is -2.41. The summed E-state index contributed by atoms with van der Waals surface area (Å²) in [6.07, 6.45) is -2.28. The minimum absolute atomic E-state index is 0.0996. The van der Waals surface area contributed by atoms with Crippen molar-refractivity contribution < 1.29 is 23.1 Å². The number of pyridine rings is 1. The highest BCUT2D eigenvalue weighted by molar-refractivity contribution is 5.85. The molecule has 2 heterocycles. The van der Waals surface area contributed by atoms with Crippen LogP contribution >= 0.6 is 0 Å². The summed E-state index contributed by atoms with van der Waals surface area (Å²) in [6, 6.07) is 2.80. The number of aromatic carboxylic acids is 1. The number of carboxylic acids is 1. The Kier molecular flexibility index (Phi) is 3.64. The zero-order valence-electron chi connectivity index (χ0n) is 10.0. The third-order valence-corrected chi connectivity index (χ3v) is 3.22. The van der Waals surface area contributed by atoms with Crippen molar-refractivity contribution in [3.05, 3.63) is 24.0 Å². The van der Waals surface area contributed by atoms with E-state index in [-0.39, 0.29) is 18.7 Å². The monoisotopic (exact) mass is 274 g/mol. The summed E-state index contributed by atoms with van der Waals surface area (Å²) in [7, 11) is 0. The fourth-order valence-electron chi connectivity index (χ4n) is 2.18. The number of aromatic nitrogens is 1. The molecule has 1 aromatic heterocycles. The van der Waals surface area contributed by atoms with Crippen LogP contribution in [-0.2, 0) is 0 Å². The SMILES string of the molecule is O=C(O)c1ccc(N2CCCC(C(F)(F)F)C2)cn1. The summed E-state index contributed by atoms with van der Waals surface area (Å²) in [5.74, 6) is -2.49. The van der Waals surface area contributed by atoms with Crippen molar-refractivity contribution in [3.8, 4) is 0 Å². The van der Waals surface area contributed by atoms with Crippen LogP contribution in [0.15, 0.2) is 18.3 Å². The molecule has 0 amide bonds. The van der Waals surface area contributed by atoms with Gasteiger partial charge in [0.05, 0.1) is 17.8 Å². The van der Waals surface area contributed by atoms with Gasteiger partial charge in [0, 0.05) is 13.1 Å². The van der Waals surface area contributed by atoms with Crippen LogP contribution in [0.5, 0.6) is 0 Å². The molecule has 7 heteroatoms. The Hall–Kier alpha value is -1.79. The van der Waals surface area contributed by atoms with E-state index in [4.69, 9.17) is 5.11 Å². The molecule has 1 saturated heterocycles. The Morgan fingerprint density at radius 1 is 1.42 bits per heavy atom. The molecule has 0 bridgehead atoms. The zero-order chi connectivity index (χ0) is 14.0. The summed E-state index contributed by atoms with van der Waals surface area (Å²) in [6.45, 7) is 0.429. The van der Waals surface area contributed by atoms with E-state index < -0.39 is 18.1 Å². The maximum absolute atomic E-state index is 12.7. The van der Waals surface area contributed by atoms with Gasteiger partial charge in [0.2, 0.25) is 0 Å². The van der Waals surface area contributed by atoms with Crippen LogP contribution in [0, 0.1) is 5.92 Å². The van der Waals surface area contributed by atoms with Gasteiger partial charge >= 0.3 is 12.1 Å². The van der Waals surface area contributed by atoms with Gasteiger partial charge in [0.1, 0.15) is 5.69 Å². The molecule has 1 aliphatic rings. The van der Waals surface area contributed by atoms with Gasteiger partial charge in [-0.3, -0.25) is 0 Å². The summed E-state index contributed by atoms with van der Waals surface area (Å²) >= 11 is 0. The molecule has 1 unspecified atom stereocenters. The zero-order valence-corrected chi connectivity index (χ0v) is 10.0. The number of rotatable bonds is 2. The molecule has 1 fully saturated rings. The Morgan fingerprint density at radius 3 is 2.68 bits per heavy atom. The summed E-state index contributed by atoms with van der Waals surface area (Å²) in [5.41, 5.74) is 0.409. The van der Waals surface area contributed by atoms with Gasteiger partial charge in [-0.1, -0.05) is 0 Å². The van der Waals surface area contributed by atoms with Crippen molar-refractivity contribution in [2.45, 2.75) is 19.0 Å². The maximum Gasteiger partial charge on any atom is 0.393 e. The van der Waals surface area contributed by atoms with Crippen LogP contribution in [0.25, 0.3) is 0 Å². The molecule has 1 aliphatic heterocycles. The molecule has 0 aromatic carbocycles. The summed E-state index contributed by atoms with van der Waals surface area (Å²) < 4.78 is 38.0. The number of carbonyl (C=O) groups is 1. The van der Waals surface area contributed by atoms with E-state index in [1.807, 2.05) is 0 Å². The average Bonchev–Trinajstić information content (AvgIpc) is 2.38. The fraction of sp³-hybridized carbons (Fsp3) is 0.500. The Bertz CT molecular complexity index is 459. The second-order valence-corrected chi connectivity index (χ2v) is 4.53. The number of nitrogens with zero attached hydrogens (tertiary/aromatic N) is 2. The van der Waals surface area contributed by atoms with Crippen LogP contribution in [0.3, 0.4) is 0 Å². The van der Waals surface area contributed by atoms with Crippen molar-refractivity contribution in [3.63, 3.8) is 0 Å². The van der Waals surface area contributed by atoms with Gasteiger partial charge < -0.3 is 10.0 Å². The molecule has 2 rings (SSSR count). The first-order valence-electron chi connectivity index (χ1n) is 5.89. The van der Waals surface area contributed by atoms with E-state index in [2.05, 4.69) is 4.98 Å². The smallest absolute Gasteiger partial charge is 0.393 e. The van der Waals surface area contributed by atoms with Crippen molar-refractivity contribution in [2.75, 3.05) is 18.0 Å². The standard InChI is InChI=1S/C12H13F3N2O2/c13-12(14,15)8-2-1-5-17(7-8)9-3-4-10(11(18)19)16-6-9/h3-4,6,8H,1-2,5,7H2,(H,18,19). The van der Waals surface area contributed by atoms with Crippen molar-refractivity contribution >= 4 is 11.7 Å². The molecule has 19 heavy (non-hydrogen) atoms. The first-order valence-corrected chi connectivity index (χ1v) is 5.89. The van der Waals surface area contributed by atoms with E-state index in [0.717, 1.165) is 0 Å². The molecule has 0 radical (unpaired) electrons. The van der Waals surface area contributed by atoms with E-state index in [1.165, 1.54) is 18.3 Å². The molecular formula is C12H13F3N2O2. The predicted molar refractivity (Wildman–Crippen MR) is 62.2 cm³/mol. The highest BCUT2D eigenvalue weighted by Gasteiger charge is 2.41. The summed E-state index contributed by atoms with van der Waals surface area (Å²) in [5, 5.41) is 8.71. The fourth-order valence-corrected chi connectivity index (χ4v) is 2.18. The topological polar surface area (TPSA) is 53.4 Å². The van der Waals surface area contributed by atoms with E-state index in [0.29, 0.717) is 18.7 Å². The minimum atomic E-state index is -4.19. The predicted octanol–water partition coefficient (Wildman–Crippen LogP) is 2.56. The van der Waals surface area contributed by atoms with E-state index >= 15 is 0 Å². The number of hydrogen-bond donors (Lipinski definition) is 1. The lowest BCUT2D eigenvalue weighted by molar-refractivity contribution is -0.175. The molecule has 0 aliphatic carbocycles. The first-order chi connectivity index (χ1) is 8.88. The van der Waals surface area contributed by atoms with Crippen LogP contribution in [0.2, 0.25) is 0 Å². The third kappa shape index (κ3) is 3.15. The molecule has 1 aromatic rings. The van der Waals surface area contributed by atoms with Crippen molar-refractivity contribution in [1.82, 2.24) is 4.98 Å². The van der Waals surface area contributed by atoms with Gasteiger partial charge in [0.25, 0.3) is 0 Å². The van der Waals surface area contributed by atoms with E-state index in [9.17, 15) is 18.0 Å². The minimum Gasteiger partial charge on any atom is -0.477 e. The first kappa shape index (κ1) is 13.6.